The van der Waals surface area contributed by atoms with Crippen molar-refractivity contribution in [2.75, 3.05) is 0 Å². The highest BCUT2D eigenvalue weighted by atomic mass is 32.1. The predicted octanol–water partition coefficient (Wildman–Crippen LogP) is 2.78. The van der Waals surface area contributed by atoms with E-state index >= 15 is 0 Å². The summed E-state index contributed by atoms with van der Waals surface area (Å²) in [6.07, 6.45) is 3.01. The average Bonchev–Trinajstić information content (AvgIpc) is 2.37. The Morgan fingerprint density at radius 2 is 2.00 bits per heavy atom. The molecule has 1 saturated heterocycles. The van der Waals surface area contributed by atoms with Gasteiger partial charge in [0.05, 0.1) is 5.60 Å². The van der Waals surface area contributed by atoms with Crippen LogP contribution in [0.25, 0.3) is 0 Å². The molecule has 2 rings (SSSR count). The van der Waals surface area contributed by atoms with Crippen LogP contribution >= 0.6 is 12.2 Å². The van der Waals surface area contributed by atoms with E-state index in [4.69, 9.17) is 16.9 Å². The fourth-order valence-corrected chi connectivity index (χ4v) is 2.20. The molecule has 0 bridgehead atoms. The molecule has 4 heteroatoms. The summed E-state index contributed by atoms with van der Waals surface area (Å²) in [5, 5.41) is 0. The van der Waals surface area contributed by atoms with Gasteiger partial charge in [-0.05, 0) is 43.3 Å². The quantitative estimate of drug-likeness (QED) is 0.598. The topological polar surface area (TPSA) is 25.0 Å². The lowest BCUT2D eigenvalue weighted by Crippen LogP contribution is -2.36. The minimum Gasteiger partial charge on any atom is -0.425 e. The van der Waals surface area contributed by atoms with Crippen LogP contribution in [-0.2, 0) is 4.65 Å². The van der Waals surface area contributed by atoms with E-state index < -0.39 is 0 Å². The second kappa shape index (κ2) is 3.71. The van der Waals surface area contributed by atoms with Gasteiger partial charge < -0.3 is 9.64 Å². The zero-order chi connectivity index (χ0) is 12.0. The summed E-state index contributed by atoms with van der Waals surface area (Å²) >= 11 is 5.04. The molecule has 1 N–H and O–H groups in total. The monoisotopic (exact) mass is 235 g/mol. The molecule has 16 heavy (non-hydrogen) atoms. The lowest BCUT2D eigenvalue weighted by atomic mass is 9.54. The Bertz CT molecular complexity index is 416. The molecule has 0 atom stereocenters. The lowest BCUT2D eigenvalue weighted by Gasteiger charge is -2.34. The van der Waals surface area contributed by atoms with Gasteiger partial charge in [-0.3, -0.25) is 0 Å². The molecule has 1 fully saturated rings. The third kappa shape index (κ3) is 1.96. The number of aromatic nitrogens is 1. The van der Waals surface area contributed by atoms with Crippen molar-refractivity contribution in [3.05, 3.63) is 23.0 Å². The van der Waals surface area contributed by atoms with E-state index in [9.17, 15) is 0 Å². The second-order valence-corrected chi connectivity index (χ2v) is 6.13. The summed E-state index contributed by atoms with van der Waals surface area (Å²) in [7, 11) is 0. The minimum absolute atomic E-state index is 0.0791. The van der Waals surface area contributed by atoms with Gasteiger partial charge in [0, 0.05) is 0 Å². The highest BCUT2D eigenvalue weighted by Crippen LogP contribution is 2.44. The molecule has 0 unspecified atom stereocenters. The van der Waals surface area contributed by atoms with Gasteiger partial charge in [0.15, 0.2) is 0 Å². The van der Waals surface area contributed by atoms with Gasteiger partial charge in [0.1, 0.15) is 4.64 Å². The van der Waals surface area contributed by atoms with Crippen LogP contribution in [-0.4, -0.2) is 17.5 Å². The first-order valence-corrected chi connectivity index (χ1v) is 6.09. The van der Waals surface area contributed by atoms with Crippen molar-refractivity contribution in [1.29, 1.82) is 0 Å². The molecule has 0 aromatic carbocycles. The highest BCUT2D eigenvalue weighted by molar-refractivity contribution is 7.71. The molecule has 1 aromatic rings. The van der Waals surface area contributed by atoms with E-state index in [0.717, 1.165) is 11.0 Å². The van der Waals surface area contributed by atoms with Crippen molar-refractivity contribution in [2.45, 2.75) is 39.6 Å². The van der Waals surface area contributed by atoms with Gasteiger partial charge in [-0.1, -0.05) is 32.1 Å². The number of H-pyrrole nitrogens is 1. The number of nitrogens with one attached hydrogen (secondary N) is 1. The summed E-state index contributed by atoms with van der Waals surface area (Å²) < 4.78 is 6.90. The van der Waals surface area contributed by atoms with Gasteiger partial charge in [0.25, 0.3) is 0 Å². The van der Waals surface area contributed by atoms with Crippen LogP contribution in [0.4, 0.5) is 0 Å². The number of aromatic amines is 1. The van der Waals surface area contributed by atoms with E-state index in [0.29, 0.717) is 0 Å². The molecule has 0 spiro atoms. The van der Waals surface area contributed by atoms with Crippen molar-refractivity contribution in [2.24, 2.45) is 5.41 Å². The number of rotatable bonds is 1. The normalized spacial score (nSPS) is 22.4. The van der Waals surface area contributed by atoms with Crippen LogP contribution < -0.4 is 5.46 Å². The Balaban J connectivity index is 2.27. The molecule has 2 heterocycles. The maximum absolute atomic E-state index is 6.14. The molecular formula is C12H18BNOS. The van der Waals surface area contributed by atoms with Gasteiger partial charge >= 0.3 is 6.92 Å². The lowest BCUT2D eigenvalue weighted by molar-refractivity contribution is 0.0375. The molecule has 0 saturated carbocycles. The third-order valence-electron chi connectivity index (χ3n) is 3.94. The number of hydrogen-bond donors (Lipinski definition) is 1. The van der Waals surface area contributed by atoms with Crippen LogP contribution in [0.2, 0.25) is 6.32 Å². The summed E-state index contributed by atoms with van der Waals surface area (Å²) in [6.45, 7) is 9.03. The molecule has 2 nitrogen and oxygen atoms in total. The van der Waals surface area contributed by atoms with E-state index in [1.807, 2.05) is 12.3 Å². The van der Waals surface area contributed by atoms with Crippen LogP contribution in [0.5, 0.6) is 0 Å². The molecule has 86 valence electrons. The van der Waals surface area contributed by atoms with Crippen LogP contribution in [0.3, 0.4) is 0 Å². The van der Waals surface area contributed by atoms with E-state index in [1.54, 1.807) is 0 Å². The molecule has 0 radical (unpaired) electrons. The number of hydrogen-bond acceptors (Lipinski definition) is 2. The van der Waals surface area contributed by atoms with Gasteiger partial charge in [-0.15, -0.1) is 0 Å². The highest BCUT2D eigenvalue weighted by Gasteiger charge is 2.49. The van der Waals surface area contributed by atoms with E-state index in [2.05, 4.69) is 38.7 Å². The standard InChI is InChI=1S/C12H18BNOS/c1-11(2)8-13(15-12(11,3)4)9-5-6-10(16)14-7-9/h5-7H,8H2,1-4H3,(H,14,16). The molecule has 0 aliphatic carbocycles. The summed E-state index contributed by atoms with van der Waals surface area (Å²) in [5.74, 6) is 0. The summed E-state index contributed by atoms with van der Waals surface area (Å²) in [5.41, 5.74) is 1.31. The summed E-state index contributed by atoms with van der Waals surface area (Å²) in [4.78, 5) is 3.07. The Hall–Kier alpha value is -0.605. The van der Waals surface area contributed by atoms with Crippen LogP contribution in [0, 0.1) is 10.1 Å². The molecule has 1 aliphatic rings. The molecule has 0 amide bonds. The van der Waals surface area contributed by atoms with E-state index in [-0.39, 0.29) is 17.9 Å². The Labute approximate surface area is 103 Å². The first-order valence-electron chi connectivity index (χ1n) is 5.68. The maximum atomic E-state index is 6.14. The van der Waals surface area contributed by atoms with Crippen molar-refractivity contribution in [1.82, 2.24) is 4.98 Å². The Morgan fingerprint density at radius 1 is 1.31 bits per heavy atom. The second-order valence-electron chi connectivity index (χ2n) is 5.69. The molecular weight excluding hydrogens is 217 g/mol. The largest absolute Gasteiger partial charge is 0.425 e. The van der Waals surface area contributed by atoms with Gasteiger partial charge in [-0.2, -0.15) is 0 Å². The molecule has 1 aliphatic heterocycles. The Morgan fingerprint density at radius 3 is 2.44 bits per heavy atom. The third-order valence-corrected chi connectivity index (χ3v) is 4.20. The van der Waals surface area contributed by atoms with Crippen LogP contribution in [0.15, 0.2) is 18.3 Å². The van der Waals surface area contributed by atoms with Crippen molar-refractivity contribution in [3.63, 3.8) is 0 Å². The molecule has 1 aromatic heterocycles. The van der Waals surface area contributed by atoms with Crippen LogP contribution in [0.1, 0.15) is 27.7 Å². The smallest absolute Gasteiger partial charge is 0.329 e. The zero-order valence-electron chi connectivity index (χ0n) is 10.3. The number of pyridine rings is 1. The SMILES string of the molecule is CC1(C)CB(c2ccc(=S)[nH]c2)OC1(C)C. The van der Waals surface area contributed by atoms with E-state index in [1.165, 1.54) is 5.46 Å². The average molecular weight is 235 g/mol. The zero-order valence-corrected chi connectivity index (χ0v) is 11.1. The predicted molar refractivity (Wildman–Crippen MR) is 70.8 cm³/mol. The first kappa shape index (κ1) is 11.9. The fourth-order valence-electron chi connectivity index (χ4n) is 2.07. The maximum Gasteiger partial charge on any atom is 0.329 e. The van der Waals surface area contributed by atoms with Crippen molar-refractivity contribution < 1.29 is 4.65 Å². The van der Waals surface area contributed by atoms with Gasteiger partial charge in [0.2, 0.25) is 0 Å². The van der Waals surface area contributed by atoms with Crippen molar-refractivity contribution in [3.8, 4) is 0 Å². The Kier molecular flexibility index (Phi) is 2.75. The summed E-state index contributed by atoms with van der Waals surface area (Å²) in [6, 6.07) is 3.98. The minimum atomic E-state index is -0.0791. The first-order chi connectivity index (χ1) is 7.32. The fraction of sp³-hybridized carbons (Fsp3) is 0.583. The van der Waals surface area contributed by atoms with Crippen molar-refractivity contribution >= 4 is 24.6 Å². The van der Waals surface area contributed by atoms with Gasteiger partial charge in [-0.25, -0.2) is 0 Å².